The Balaban J connectivity index is 1.79. The van der Waals surface area contributed by atoms with Gasteiger partial charge in [0.2, 0.25) is 0 Å². The molecule has 1 aromatic carbocycles. The van der Waals surface area contributed by atoms with Crippen LogP contribution in [0, 0.1) is 11.8 Å². The van der Waals surface area contributed by atoms with Crippen LogP contribution in [0.3, 0.4) is 0 Å². The minimum absolute atomic E-state index is 0.100. The lowest BCUT2D eigenvalue weighted by molar-refractivity contribution is 0.0520. The molecule has 0 bridgehead atoms. The summed E-state index contributed by atoms with van der Waals surface area (Å²) in [6.07, 6.45) is 6.43. The summed E-state index contributed by atoms with van der Waals surface area (Å²) >= 11 is 3.50. The predicted octanol–water partition coefficient (Wildman–Crippen LogP) is 4.51. The van der Waals surface area contributed by atoms with Crippen molar-refractivity contribution in [1.29, 1.82) is 0 Å². The Morgan fingerprint density at radius 3 is 2.71 bits per heavy atom. The van der Waals surface area contributed by atoms with Crippen LogP contribution >= 0.6 is 15.9 Å². The van der Waals surface area contributed by atoms with E-state index in [1.807, 2.05) is 24.0 Å². The highest BCUT2D eigenvalue weighted by Gasteiger charge is 2.33. The number of carbonyl (C=O) groups is 1. The lowest BCUT2D eigenvalue weighted by Gasteiger charge is -2.41. The van der Waals surface area contributed by atoms with Crippen molar-refractivity contribution in [2.24, 2.45) is 11.8 Å². The van der Waals surface area contributed by atoms with E-state index in [1.165, 1.54) is 25.7 Å². The van der Waals surface area contributed by atoms with E-state index in [0.29, 0.717) is 29.6 Å². The van der Waals surface area contributed by atoms with Crippen molar-refractivity contribution in [2.75, 3.05) is 26.8 Å². The van der Waals surface area contributed by atoms with Gasteiger partial charge in [0, 0.05) is 18.7 Å². The number of amides is 1. The molecule has 0 aromatic heterocycles. The number of hydrogen-bond acceptors (Lipinski definition) is 3. The summed E-state index contributed by atoms with van der Waals surface area (Å²) in [4.78, 5) is 15.0. The molecular formula is C19H26BrNO3. The van der Waals surface area contributed by atoms with Crippen LogP contribution in [0.4, 0.5) is 0 Å². The number of halogens is 1. The fourth-order valence-electron chi connectivity index (χ4n) is 4.12. The van der Waals surface area contributed by atoms with Crippen molar-refractivity contribution in [3.8, 4) is 11.5 Å². The Morgan fingerprint density at radius 2 is 2.00 bits per heavy atom. The molecular weight excluding hydrogens is 370 g/mol. The van der Waals surface area contributed by atoms with Crippen LogP contribution in [0.2, 0.25) is 0 Å². The fourth-order valence-corrected chi connectivity index (χ4v) is 4.72. The molecule has 1 aliphatic heterocycles. The van der Waals surface area contributed by atoms with Gasteiger partial charge in [-0.3, -0.25) is 4.79 Å². The van der Waals surface area contributed by atoms with Crippen LogP contribution in [0.1, 0.15) is 49.4 Å². The number of hydrogen-bond donors (Lipinski definition) is 0. The van der Waals surface area contributed by atoms with Gasteiger partial charge in [-0.05, 0) is 59.7 Å². The first kappa shape index (κ1) is 17.6. The van der Waals surface area contributed by atoms with E-state index in [-0.39, 0.29) is 5.91 Å². The molecule has 0 spiro atoms. The summed E-state index contributed by atoms with van der Waals surface area (Å²) < 4.78 is 11.8. The standard InChI is InChI=1S/C19H26BrNO3/c1-3-24-17-11-15(10-16(20)18(17)23-2)19(22)21-9-8-13-6-4-5-7-14(13)12-21/h10-11,13-14H,3-9,12H2,1-2H3/t13-,14+/m1/s1. The van der Waals surface area contributed by atoms with Gasteiger partial charge in [0.05, 0.1) is 18.2 Å². The quantitative estimate of drug-likeness (QED) is 0.752. The molecule has 1 saturated heterocycles. The number of methoxy groups -OCH3 is 1. The molecule has 4 nitrogen and oxygen atoms in total. The zero-order valence-corrected chi connectivity index (χ0v) is 16.1. The van der Waals surface area contributed by atoms with Crippen LogP contribution in [-0.2, 0) is 0 Å². The van der Waals surface area contributed by atoms with E-state index in [2.05, 4.69) is 15.9 Å². The molecule has 0 N–H and O–H groups in total. The average molecular weight is 396 g/mol. The smallest absolute Gasteiger partial charge is 0.254 e. The van der Waals surface area contributed by atoms with Gasteiger partial charge in [0.15, 0.2) is 11.5 Å². The number of benzene rings is 1. The predicted molar refractivity (Wildman–Crippen MR) is 97.8 cm³/mol. The number of rotatable bonds is 4. The van der Waals surface area contributed by atoms with Gasteiger partial charge in [0.1, 0.15) is 0 Å². The summed E-state index contributed by atoms with van der Waals surface area (Å²) in [5.74, 6) is 2.86. The summed E-state index contributed by atoms with van der Waals surface area (Å²) in [5.41, 5.74) is 0.667. The normalized spacial score (nSPS) is 23.5. The second kappa shape index (κ2) is 7.77. The largest absolute Gasteiger partial charge is 0.492 e. The van der Waals surface area contributed by atoms with Crippen molar-refractivity contribution >= 4 is 21.8 Å². The number of ether oxygens (including phenoxy) is 2. The number of carbonyl (C=O) groups excluding carboxylic acids is 1. The molecule has 1 aromatic rings. The Morgan fingerprint density at radius 1 is 1.25 bits per heavy atom. The fraction of sp³-hybridized carbons (Fsp3) is 0.632. The first-order valence-electron chi connectivity index (χ1n) is 8.93. The lowest BCUT2D eigenvalue weighted by Crippen LogP contribution is -2.44. The van der Waals surface area contributed by atoms with E-state index >= 15 is 0 Å². The maximum atomic E-state index is 13.0. The van der Waals surface area contributed by atoms with Gasteiger partial charge in [-0.1, -0.05) is 19.3 Å². The van der Waals surface area contributed by atoms with Crippen LogP contribution in [0.5, 0.6) is 11.5 Å². The first-order chi connectivity index (χ1) is 11.6. The molecule has 2 fully saturated rings. The summed E-state index contributed by atoms with van der Waals surface area (Å²) in [6, 6.07) is 3.65. The van der Waals surface area contributed by atoms with Crippen molar-refractivity contribution in [3.05, 3.63) is 22.2 Å². The minimum atomic E-state index is 0.100. The Bertz CT molecular complexity index is 605. The molecule has 2 aliphatic rings. The molecule has 1 heterocycles. The highest BCUT2D eigenvalue weighted by molar-refractivity contribution is 9.10. The van der Waals surface area contributed by atoms with Crippen LogP contribution in [-0.4, -0.2) is 37.6 Å². The van der Waals surface area contributed by atoms with Crippen molar-refractivity contribution in [2.45, 2.75) is 39.0 Å². The zero-order valence-electron chi connectivity index (χ0n) is 14.5. The third kappa shape index (κ3) is 3.56. The molecule has 0 radical (unpaired) electrons. The van der Waals surface area contributed by atoms with Gasteiger partial charge in [-0.25, -0.2) is 0 Å². The molecule has 1 saturated carbocycles. The molecule has 5 heteroatoms. The summed E-state index contributed by atoms with van der Waals surface area (Å²) in [7, 11) is 1.61. The zero-order chi connectivity index (χ0) is 17.1. The van der Waals surface area contributed by atoms with Crippen molar-refractivity contribution in [3.63, 3.8) is 0 Å². The van der Waals surface area contributed by atoms with Gasteiger partial charge in [0.25, 0.3) is 5.91 Å². The molecule has 132 valence electrons. The van der Waals surface area contributed by atoms with E-state index in [0.717, 1.165) is 29.9 Å². The Hall–Kier alpha value is -1.23. The Labute approximate surface area is 152 Å². The summed E-state index contributed by atoms with van der Waals surface area (Å²) in [5, 5.41) is 0. The third-order valence-electron chi connectivity index (χ3n) is 5.34. The second-order valence-corrected chi connectivity index (χ2v) is 7.62. The monoisotopic (exact) mass is 395 g/mol. The SMILES string of the molecule is CCOc1cc(C(=O)N2CC[C@H]3CCCC[C@H]3C2)cc(Br)c1OC. The number of likely N-dealkylation sites (tertiary alicyclic amines) is 1. The number of piperidine rings is 1. The summed E-state index contributed by atoms with van der Waals surface area (Å²) in [6.45, 7) is 4.23. The highest BCUT2D eigenvalue weighted by Crippen LogP contribution is 2.39. The van der Waals surface area contributed by atoms with Gasteiger partial charge in [-0.15, -0.1) is 0 Å². The molecule has 24 heavy (non-hydrogen) atoms. The average Bonchev–Trinajstić information content (AvgIpc) is 2.60. The molecule has 2 atom stereocenters. The first-order valence-corrected chi connectivity index (χ1v) is 9.73. The van der Waals surface area contributed by atoms with E-state index < -0.39 is 0 Å². The van der Waals surface area contributed by atoms with E-state index in [4.69, 9.17) is 9.47 Å². The Kier molecular flexibility index (Phi) is 5.69. The van der Waals surface area contributed by atoms with Crippen LogP contribution < -0.4 is 9.47 Å². The van der Waals surface area contributed by atoms with Crippen molar-refractivity contribution < 1.29 is 14.3 Å². The molecule has 0 unspecified atom stereocenters. The third-order valence-corrected chi connectivity index (χ3v) is 5.93. The topological polar surface area (TPSA) is 38.8 Å². The van der Waals surface area contributed by atoms with E-state index in [9.17, 15) is 4.79 Å². The van der Waals surface area contributed by atoms with E-state index in [1.54, 1.807) is 7.11 Å². The van der Waals surface area contributed by atoms with Gasteiger partial charge >= 0.3 is 0 Å². The lowest BCUT2D eigenvalue weighted by atomic mass is 9.75. The number of nitrogens with zero attached hydrogens (tertiary/aromatic N) is 1. The van der Waals surface area contributed by atoms with Gasteiger partial charge in [-0.2, -0.15) is 0 Å². The molecule has 1 amide bonds. The maximum Gasteiger partial charge on any atom is 0.254 e. The molecule has 3 rings (SSSR count). The van der Waals surface area contributed by atoms with Crippen molar-refractivity contribution in [1.82, 2.24) is 4.90 Å². The van der Waals surface area contributed by atoms with Crippen LogP contribution in [0.25, 0.3) is 0 Å². The minimum Gasteiger partial charge on any atom is -0.492 e. The highest BCUT2D eigenvalue weighted by atomic mass is 79.9. The number of fused-ring (bicyclic) bond motifs is 1. The maximum absolute atomic E-state index is 13.0. The molecule has 1 aliphatic carbocycles. The van der Waals surface area contributed by atoms with Crippen LogP contribution in [0.15, 0.2) is 16.6 Å². The second-order valence-electron chi connectivity index (χ2n) is 6.77. The van der Waals surface area contributed by atoms with Gasteiger partial charge < -0.3 is 14.4 Å².